The minimum absolute atomic E-state index is 0.0229. The van der Waals surface area contributed by atoms with Gasteiger partial charge in [-0.2, -0.15) is 0 Å². The first-order chi connectivity index (χ1) is 10.5. The third-order valence-corrected chi connectivity index (χ3v) is 5.07. The van der Waals surface area contributed by atoms with E-state index in [4.69, 9.17) is 4.74 Å². The molecule has 1 fully saturated rings. The number of carbonyl (C=O) groups is 1. The van der Waals surface area contributed by atoms with Gasteiger partial charge in [0.25, 0.3) is 0 Å². The molecule has 1 aliphatic rings. The van der Waals surface area contributed by atoms with Crippen LogP contribution in [0.25, 0.3) is 0 Å². The van der Waals surface area contributed by atoms with Crippen LogP contribution in [-0.2, 0) is 9.53 Å². The molecule has 0 N–H and O–H groups in total. The fraction of sp³-hybridized carbons (Fsp3) is 0.556. The van der Waals surface area contributed by atoms with Crippen LogP contribution < -0.4 is 0 Å². The Labute approximate surface area is 141 Å². The molecule has 2 rings (SSSR count). The zero-order valence-corrected chi connectivity index (χ0v) is 15.3. The van der Waals surface area contributed by atoms with Crippen LogP contribution in [-0.4, -0.2) is 37.2 Å². The van der Waals surface area contributed by atoms with Crippen molar-refractivity contribution in [1.29, 1.82) is 0 Å². The van der Waals surface area contributed by atoms with Crippen LogP contribution in [0, 0.1) is 5.92 Å². The van der Waals surface area contributed by atoms with Gasteiger partial charge in [0.15, 0.2) is 0 Å². The second kappa shape index (κ2) is 7.94. The predicted molar refractivity (Wildman–Crippen MR) is 90.6 cm³/mol. The topological polar surface area (TPSA) is 29.5 Å². The van der Waals surface area contributed by atoms with E-state index in [9.17, 15) is 4.79 Å². The maximum atomic E-state index is 12.5. The Hall–Kier alpha value is -1.12. The van der Waals surface area contributed by atoms with Gasteiger partial charge in [0.05, 0.1) is 0 Å². The second-order valence-corrected chi connectivity index (χ2v) is 6.86. The van der Waals surface area contributed by atoms with E-state index in [1.807, 2.05) is 30.3 Å². The normalized spacial score (nSPS) is 22.5. The summed E-state index contributed by atoms with van der Waals surface area (Å²) in [5, 5.41) is 0. The fourth-order valence-electron chi connectivity index (χ4n) is 2.81. The molecule has 0 aliphatic carbocycles. The quantitative estimate of drug-likeness (QED) is 0.722. The van der Waals surface area contributed by atoms with Crippen molar-refractivity contribution >= 4 is 26.2 Å². The van der Waals surface area contributed by atoms with E-state index in [2.05, 4.69) is 36.3 Å². The van der Waals surface area contributed by atoms with Gasteiger partial charge in [-0.05, 0) is 0 Å². The van der Waals surface area contributed by atoms with Crippen LogP contribution in [0.4, 0.5) is 0 Å². The number of rotatable bonds is 6. The Balaban J connectivity index is 1.97. The third-order valence-electron chi connectivity index (χ3n) is 4.45. The van der Waals surface area contributed by atoms with Gasteiger partial charge in [0.1, 0.15) is 0 Å². The first-order valence-corrected chi connectivity index (χ1v) is 8.97. The van der Waals surface area contributed by atoms with Gasteiger partial charge in [0.2, 0.25) is 0 Å². The van der Waals surface area contributed by atoms with Crippen LogP contribution >= 0.6 is 0 Å². The van der Waals surface area contributed by atoms with Crippen LogP contribution in [0.3, 0.4) is 0 Å². The van der Waals surface area contributed by atoms with E-state index < -0.39 is 0 Å². The van der Waals surface area contributed by atoms with Gasteiger partial charge in [-0.25, -0.2) is 0 Å². The predicted octanol–water partition coefficient (Wildman–Crippen LogP) is 3.45. The molecule has 0 bridgehead atoms. The molecular weight excluding hydrogens is 341 g/mol. The van der Waals surface area contributed by atoms with E-state index in [0.717, 1.165) is 18.4 Å². The summed E-state index contributed by atoms with van der Waals surface area (Å²) in [5.74, 6) is 0.844. The Kier molecular flexibility index (Phi) is 6.22. The monoisotopic (exact) mass is 367 g/mol. The molecule has 1 unspecified atom stereocenters. The summed E-state index contributed by atoms with van der Waals surface area (Å²) >= 11 is 2.91. The van der Waals surface area contributed by atoms with Crippen LogP contribution in [0.5, 0.6) is 0 Å². The number of ether oxygens (including phenoxy) is 1. The minimum atomic E-state index is -0.0871. The van der Waals surface area contributed by atoms with Crippen molar-refractivity contribution in [2.24, 2.45) is 5.92 Å². The van der Waals surface area contributed by atoms with Crippen LogP contribution in [0.15, 0.2) is 30.3 Å². The first kappa shape index (κ1) is 17.2. The molecule has 1 aromatic rings. The SMILES string of the molecule is CCC(C)CCCC(=O)N1C(=[Se])O[C@H](c2ccccc2)[C@@H]1C. The molecule has 1 heterocycles. The number of hydrogen-bond acceptors (Lipinski definition) is 2. The fourth-order valence-corrected chi connectivity index (χ4v) is 3.59. The molecule has 22 heavy (non-hydrogen) atoms. The van der Waals surface area contributed by atoms with Crippen molar-refractivity contribution in [3.63, 3.8) is 0 Å². The summed E-state index contributed by atoms with van der Waals surface area (Å²) in [6.45, 7) is 6.48. The van der Waals surface area contributed by atoms with Gasteiger partial charge >= 0.3 is 141 Å². The molecule has 0 saturated carbocycles. The number of amides is 1. The van der Waals surface area contributed by atoms with Crippen molar-refractivity contribution < 1.29 is 9.53 Å². The van der Waals surface area contributed by atoms with E-state index in [1.54, 1.807) is 4.90 Å². The Morgan fingerprint density at radius 2 is 2.05 bits per heavy atom. The van der Waals surface area contributed by atoms with Crippen LogP contribution in [0.2, 0.25) is 0 Å². The average Bonchev–Trinajstić information content (AvgIpc) is 2.82. The number of carbonyl (C=O) groups excluding carboxylic acids is 1. The Morgan fingerprint density at radius 1 is 1.36 bits per heavy atom. The average molecular weight is 366 g/mol. The first-order valence-electron chi connectivity index (χ1n) is 8.12. The van der Waals surface area contributed by atoms with Crippen molar-refractivity contribution in [2.45, 2.75) is 58.6 Å². The molecule has 3 atom stereocenters. The van der Waals surface area contributed by atoms with E-state index in [1.165, 1.54) is 6.42 Å². The molecule has 120 valence electrons. The molecule has 1 saturated heterocycles. The summed E-state index contributed by atoms with van der Waals surface area (Å²) in [5.41, 5.74) is 1.11. The van der Waals surface area contributed by atoms with Gasteiger partial charge < -0.3 is 0 Å². The second-order valence-electron chi connectivity index (χ2n) is 6.13. The van der Waals surface area contributed by atoms with Crippen molar-refractivity contribution in [1.82, 2.24) is 4.90 Å². The zero-order chi connectivity index (χ0) is 16.1. The molecule has 4 heteroatoms. The number of hydrogen-bond donors (Lipinski definition) is 0. The number of benzene rings is 1. The van der Waals surface area contributed by atoms with Gasteiger partial charge in [-0.3, -0.25) is 0 Å². The molecule has 0 aromatic heterocycles. The van der Waals surface area contributed by atoms with Gasteiger partial charge in [-0.15, -0.1) is 0 Å². The van der Waals surface area contributed by atoms with Crippen molar-refractivity contribution in [2.75, 3.05) is 0 Å². The summed E-state index contributed by atoms with van der Waals surface area (Å²) in [7, 11) is 0. The van der Waals surface area contributed by atoms with Gasteiger partial charge in [0, 0.05) is 0 Å². The summed E-state index contributed by atoms with van der Waals surface area (Å²) in [6.07, 6.45) is 3.73. The Morgan fingerprint density at radius 3 is 2.68 bits per heavy atom. The summed E-state index contributed by atoms with van der Waals surface area (Å²) < 4.78 is 6.51. The number of nitrogens with zero attached hydrogens (tertiary/aromatic N) is 1. The molecule has 1 amide bonds. The molecule has 3 nitrogen and oxygen atoms in total. The molecule has 1 aliphatic heterocycles. The molecular formula is C18H25NO2Se. The van der Waals surface area contributed by atoms with E-state index in [0.29, 0.717) is 17.1 Å². The van der Waals surface area contributed by atoms with Crippen molar-refractivity contribution in [3.8, 4) is 0 Å². The van der Waals surface area contributed by atoms with Gasteiger partial charge in [-0.1, -0.05) is 0 Å². The molecule has 1 aromatic carbocycles. The summed E-state index contributed by atoms with van der Waals surface area (Å²) in [4.78, 5) is 14.3. The van der Waals surface area contributed by atoms with Crippen LogP contribution in [0.1, 0.15) is 58.1 Å². The summed E-state index contributed by atoms with van der Waals surface area (Å²) in [6, 6.07) is 10.1. The molecule has 0 spiro atoms. The van der Waals surface area contributed by atoms with E-state index in [-0.39, 0.29) is 18.1 Å². The van der Waals surface area contributed by atoms with E-state index >= 15 is 0 Å². The third kappa shape index (κ3) is 3.99. The standard InChI is InChI=1S/C18H25NO2Se/c1-4-13(2)9-8-12-16(20)19-14(3)17(21-18(19)22)15-10-6-5-7-11-15/h5-7,10-11,13-14,17H,4,8-9,12H2,1-3H3/t13?,14-,17-/m0/s1. The maximum absolute atomic E-state index is 12.5. The Bertz CT molecular complexity index is 517. The van der Waals surface area contributed by atoms with Crippen molar-refractivity contribution in [3.05, 3.63) is 35.9 Å². The zero-order valence-electron chi connectivity index (χ0n) is 13.6. The molecule has 0 radical (unpaired) electrons.